The molecule has 1 unspecified atom stereocenters. The molecule has 0 saturated heterocycles. The molecular formula is C10H11F2N5. The zero-order valence-corrected chi connectivity index (χ0v) is 9.11. The molecule has 5 nitrogen and oxygen atoms in total. The van der Waals surface area contributed by atoms with Crippen LogP contribution in [-0.4, -0.2) is 20.6 Å². The summed E-state index contributed by atoms with van der Waals surface area (Å²) in [4.78, 5) is 0. The predicted octanol–water partition coefficient (Wildman–Crippen LogP) is 1.33. The van der Waals surface area contributed by atoms with Crippen molar-refractivity contribution in [1.82, 2.24) is 25.9 Å². The van der Waals surface area contributed by atoms with Gasteiger partial charge in [-0.1, -0.05) is 11.3 Å². The smallest absolute Gasteiger partial charge is 0.188 e. The van der Waals surface area contributed by atoms with Gasteiger partial charge in [0.15, 0.2) is 5.82 Å². The Morgan fingerprint density at radius 3 is 2.88 bits per heavy atom. The van der Waals surface area contributed by atoms with Gasteiger partial charge in [0, 0.05) is 17.7 Å². The average Bonchev–Trinajstić information content (AvgIpc) is 2.78. The Labute approximate surface area is 96.2 Å². The summed E-state index contributed by atoms with van der Waals surface area (Å²) in [5.41, 5.74) is 0.398. The lowest BCUT2D eigenvalue weighted by Gasteiger charge is -2.13. The summed E-state index contributed by atoms with van der Waals surface area (Å²) >= 11 is 0. The Balaban J connectivity index is 2.01. The molecule has 0 bridgehead atoms. The number of H-pyrrole nitrogens is 1. The molecule has 1 aromatic heterocycles. The van der Waals surface area contributed by atoms with E-state index in [-0.39, 0.29) is 6.04 Å². The van der Waals surface area contributed by atoms with Gasteiger partial charge in [0.05, 0.1) is 6.54 Å². The fourth-order valence-electron chi connectivity index (χ4n) is 1.46. The molecule has 0 saturated carbocycles. The third-order valence-corrected chi connectivity index (χ3v) is 2.38. The number of nitrogens with zero attached hydrogens (tertiary/aromatic N) is 3. The second-order valence-corrected chi connectivity index (χ2v) is 3.60. The van der Waals surface area contributed by atoms with E-state index in [1.165, 1.54) is 12.1 Å². The molecule has 0 amide bonds. The summed E-state index contributed by atoms with van der Waals surface area (Å²) in [6.07, 6.45) is 0. The first-order valence-corrected chi connectivity index (χ1v) is 5.07. The van der Waals surface area contributed by atoms with E-state index < -0.39 is 11.6 Å². The molecule has 1 atom stereocenters. The van der Waals surface area contributed by atoms with Gasteiger partial charge < -0.3 is 5.32 Å². The first-order chi connectivity index (χ1) is 8.16. The Kier molecular flexibility index (Phi) is 3.38. The normalized spacial score (nSPS) is 12.6. The van der Waals surface area contributed by atoms with Crippen molar-refractivity contribution in [2.45, 2.75) is 19.5 Å². The van der Waals surface area contributed by atoms with Gasteiger partial charge in [-0.25, -0.2) is 8.78 Å². The Morgan fingerprint density at radius 1 is 1.41 bits per heavy atom. The second-order valence-electron chi connectivity index (χ2n) is 3.60. The summed E-state index contributed by atoms with van der Waals surface area (Å²) in [7, 11) is 0. The predicted molar refractivity (Wildman–Crippen MR) is 55.8 cm³/mol. The van der Waals surface area contributed by atoms with E-state index in [2.05, 4.69) is 25.9 Å². The van der Waals surface area contributed by atoms with Gasteiger partial charge in [-0.05, 0) is 13.0 Å². The summed E-state index contributed by atoms with van der Waals surface area (Å²) < 4.78 is 26.2. The molecule has 0 aliphatic heterocycles. The van der Waals surface area contributed by atoms with E-state index in [1.54, 1.807) is 6.92 Å². The van der Waals surface area contributed by atoms with Crippen LogP contribution in [0.25, 0.3) is 0 Å². The van der Waals surface area contributed by atoms with Crippen molar-refractivity contribution in [3.63, 3.8) is 0 Å². The van der Waals surface area contributed by atoms with Gasteiger partial charge in [0.1, 0.15) is 11.6 Å². The lowest BCUT2D eigenvalue weighted by atomic mass is 10.1. The van der Waals surface area contributed by atoms with E-state index >= 15 is 0 Å². The van der Waals surface area contributed by atoms with Crippen LogP contribution in [0.4, 0.5) is 8.78 Å². The molecule has 0 radical (unpaired) electrons. The van der Waals surface area contributed by atoms with Crippen molar-refractivity contribution >= 4 is 0 Å². The van der Waals surface area contributed by atoms with E-state index in [0.717, 1.165) is 6.07 Å². The molecular weight excluding hydrogens is 228 g/mol. The molecule has 90 valence electrons. The van der Waals surface area contributed by atoms with Crippen LogP contribution >= 0.6 is 0 Å². The fourth-order valence-corrected chi connectivity index (χ4v) is 1.46. The molecule has 1 heterocycles. The molecule has 7 heteroatoms. The molecule has 0 spiro atoms. The largest absolute Gasteiger partial charge is 0.303 e. The number of tetrazole rings is 1. The fraction of sp³-hybridized carbons (Fsp3) is 0.300. The number of benzene rings is 1. The topological polar surface area (TPSA) is 66.5 Å². The maximum absolute atomic E-state index is 13.4. The second kappa shape index (κ2) is 4.96. The van der Waals surface area contributed by atoms with Crippen LogP contribution < -0.4 is 5.32 Å². The van der Waals surface area contributed by atoms with Crippen LogP contribution in [0, 0.1) is 11.6 Å². The maximum atomic E-state index is 13.4. The number of aromatic amines is 1. The SMILES string of the molecule is CC(NCc1nn[nH]n1)c1ccc(F)cc1F. The van der Waals surface area contributed by atoms with Gasteiger partial charge in [0.25, 0.3) is 0 Å². The Bertz CT molecular complexity index is 485. The van der Waals surface area contributed by atoms with E-state index in [0.29, 0.717) is 17.9 Å². The summed E-state index contributed by atoms with van der Waals surface area (Å²) in [6.45, 7) is 2.13. The van der Waals surface area contributed by atoms with Crippen molar-refractivity contribution in [3.8, 4) is 0 Å². The minimum absolute atomic E-state index is 0.269. The highest BCUT2D eigenvalue weighted by molar-refractivity contribution is 5.21. The van der Waals surface area contributed by atoms with E-state index in [1.807, 2.05) is 0 Å². The third-order valence-electron chi connectivity index (χ3n) is 2.38. The van der Waals surface area contributed by atoms with Crippen molar-refractivity contribution in [2.24, 2.45) is 0 Å². The number of halogens is 2. The highest BCUT2D eigenvalue weighted by Crippen LogP contribution is 2.17. The number of hydrogen-bond donors (Lipinski definition) is 2. The minimum Gasteiger partial charge on any atom is -0.303 e. The van der Waals surface area contributed by atoms with Gasteiger partial charge >= 0.3 is 0 Å². The number of rotatable bonds is 4. The third kappa shape index (κ3) is 2.82. The average molecular weight is 239 g/mol. The Morgan fingerprint density at radius 2 is 2.24 bits per heavy atom. The van der Waals surface area contributed by atoms with Crippen LogP contribution in [0.3, 0.4) is 0 Å². The molecule has 0 aliphatic carbocycles. The number of nitrogens with one attached hydrogen (secondary N) is 2. The number of aromatic nitrogens is 4. The standard InChI is InChI=1S/C10H11F2N5/c1-6(13-5-10-14-16-17-15-10)8-3-2-7(11)4-9(8)12/h2-4,6,13H,5H2,1H3,(H,14,15,16,17). The van der Waals surface area contributed by atoms with Crippen LogP contribution in [-0.2, 0) is 6.54 Å². The summed E-state index contributed by atoms with van der Waals surface area (Å²) in [5, 5.41) is 16.2. The van der Waals surface area contributed by atoms with Crippen molar-refractivity contribution in [2.75, 3.05) is 0 Å². The lowest BCUT2D eigenvalue weighted by Crippen LogP contribution is -2.20. The summed E-state index contributed by atoms with van der Waals surface area (Å²) in [5.74, 6) is -0.672. The molecule has 0 aliphatic rings. The molecule has 17 heavy (non-hydrogen) atoms. The van der Waals surface area contributed by atoms with Crippen molar-refractivity contribution < 1.29 is 8.78 Å². The van der Waals surface area contributed by atoms with Gasteiger partial charge in [-0.3, -0.25) is 0 Å². The molecule has 2 rings (SSSR count). The molecule has 0 fully saturated rings. The maximum Gasteiger partial charge on any atom is 0.188 e. The van der Waals surface area contributed by atoms with Gasteiger partial charge in [-0.15, -0.1) is 10.2 Å². The van der Waals surface area contributed by atoms with Crippen molar-refractivity contribution in [1.29, 1.82) is 0 Å². The zero-order chi connectivity index (χ0) is 12.3. The van der Waals surface area contributed by atoms with Crippen LogP contribution in [0.5, 0.6) is 0 Å². The highest BCUT2D eigenvalue weighted by atomic mass is 19.1. The molecule has 2 aromatic rings. The van der Waals surface area contributed by atoms with E-state index in [9.17, 15) is 8.78 Å². The lowest BCUT2D eigenvalue weighted by molar-refractivity contribution is 0.511. The highest BCUT2D eigenvalue weighted by Gasteiger charge is 2.11. The quantitative estimate of drug-likeness (QED) is 0.844. The van der Waals surface area contributed by atoms with Crippen LogP contribution in [0.1, 0.15) is 24.4 Å². The van der Waals surface area contributed by atoms with Crippen LogP contribution in [0.15, 0.2) is 18.2 Å². The monoisotopic (exact) mass is 239 g/mol. The van der Waals surface area contributed by atoms with Crippen molar-refractivity contribution in [3.05, 3.63) is 41.2 Å². The first kappa shape index (κ1) is 11.6. The van der Waals surface area contributed by atoms with E-state index in [4.69, 9.17) is 0 Å². The zero-order valence-electron chi connectivity index (χ0n) is 9.11. The Hall–Kier alpha value is -1.89. The first-order valence-electron chi connectivity index (χ1n) is 5.07. The molecule has 1 aromatic carbocycles. The summed E-state index contributed by atoms with van der Waals surface area (Å²) in [6, 6.07) is 3.24. The van der Waals surface area contributed by atoms with Crippen LogP contribution in [0.2, 0.25) is 0 Å². The van der Waals surface area contributed by atoms with Gasteiger partial charge in [-0.2, -0.15) is 5.21 Å². The minimum atomic E-state index is -0.586. The number of hydrogen-bond acceptors (Lipinski definition) is 4. The molecule has 2 N–H and O–H groups in total. The van der Waals surface area contributed by atoms with Gasteiger partial charge in [0.2, 0.25) is 0 Å².